The molecule has 0 aliphatic rings. The smallest absolute Gasteiger partial charge is 0.177 e. The Morgan fingerprint density at radius 3 is 2.75 bits per heavy atom. The van der Waals surface area contributed by atoms with E-state index in [1.165, 1.54) is 31.6 Å². The van der Waals surface area contributed by atoms with Crippen molar-refractivity contribution < 1.29 is 18.7 Å². The Hall–Kier alpha value is -2.67. The number of halogens is 2. The van der Waals surface area contributed by atoms with Gasteiger partial charge in [-0.2, -0.15) is 0 Å². The fourth-order valence-corrected chi connectivity index (χ4v) is 2.21. The molecule has 0 bridgehead atoms. The molecule has 0 fully saturated rings. The number of anilines is 1. The van der Waals surface area contributed by atoms with Gasteiger partial charge in [-0.1, -0.05) is 11.6 Å². The highest BCUT2D eigenvalue weighted by atomic mass is 35.5. The molecule has 1 aromatic carbocycles. The lowest BCUT2D eigenvalue weighted by atomic mass is 10.1. The molecule has 8 heteroatoms. The summed E-state index contributed by atoms with van der Waals surface area (Å²) in [4.78, 5) is 19.4. The number of nitrogens with two attached hydrogens (primary N) is 1. The Kier molecular flexibility index (Phi) is 5.70. The van der Waals surface area contributed by atoms with Gasteiger partial charge in [0.15, 0.2) is 23.7 Å². The van der Waals surface area contributed by atoms with Crippen molar-refractivity contribution in [1.82, 2.24) is 9.97 Å². The predicted molar refractivity (Wildman–Crippen MR) is 89.4 cm³/mol. The molecule has 0 saturated heterocycles. The van der Waals surface area contributed by atoms with Gasteiger partial charge in [-0.15, -0.1) is 0 Å². The van der Waals surface area contributed by atoms with E-state index in [4.69, 9.17) is 26.8 Å². The quantitative estimate of drug-likeness (QED) is 0.634. The van der Waals surface area contributed by atoms with Crippen LogP contribution in [0.15, 0.2) is 18.4 Å². The molecule has 2 N–H and O–H groups in total. The third kappa shape index (κ3) is 3.46. The Morgan fingerprint density at radius 2 is 2.12 bits per heavy atom. The number of aromatic nitrogens is 2. The molecule has 1 aromatic heterocycles. The Morgan fingerprint density at radius 1 is 1.38 bits per heavy atom. The summed E-state index contributed by atoms with van der Waals surface area (Å²) in [6.45, 7) is 2.27. The van der Waals surface area contributed by atoms with Gasteiger partial charge in [-0.3, -0.25) is 4.79 Å². The first-order valence-corrected chi connectivity index (χ1v) is 7.34. The van der Waals surface area contributed by atoms with Gasteiger partial charge < -0.3 is 15.2 Å². The number of benzene rings is 1. The standard InChI is InChI=1S/C16H15ClFN3O3/c1-3-24-7-6-9-12(8-22)20-16(21-15(9)19)10-4-5-11(17)14(23-2)13(10)18/h4-8H,3H2,1-2H3,(H2,19,20,21)/b7-6-. The summed E-state index contributed by atoms with van der Waals surface area (Å²) in [6, 6.07) is 2.83. The zero-order valence-corrected chi connectivity index (χ0v) is 13.8. The average Bonchev–Trinajstić information content (AvgIpc) is 2.56. The van der Waals surface area contributed by atoms with Crippen molar-refractivity contribution in [3.63, 3.8) is 0 Å². The molecule has 1 heterocycles. The molecule has 0 saturated carbocycles. The van der Waals surface area contributed by atoms with E-state index in [0.717, 1.165) is 0 Å². The van der Waals surface area contributed by atoms with Crippen molar-refractivity contribution >= 4 is 29.8 Å². The van der Waals surface area contributed by atoms with E-state index in [2.05, 4.69) is 9.97 Å². The highest BCUT2D eigenvalue weighted by molar-refractivity contribution is 6.32. The van der Waals surface area contributed by atoms with Crippen LogP contribution < -0.4 is 10.5 Å². The zero-order chi connectivity index (χ0) is 17.7. The monoisotopic (exact) mass is 351 g/mol. The highest BCUT2D eigenvalue weighted by Gasteiger charge is 2.19. The molecule has 0 aliphatic heterocycles. The summed E-state index contributed by atoms with van der Waals surface area (Å²) in [7, 11) is 1.29. The number of hydrogen-bond donors (Lipinski definition) is 1. The van der Waals surface area contributed by atoms with Crippen LogP contribution in [0, 0.1) is 5.82 Å². The third-order valence-electron chi connectivity index (χ3n) is 3.11. The molecule has 0 amide bonds. The van der Waals surface area contributed by atoms with Gasteiger partial charge in [0.1, 0.15) is 11.5 Å². The van der Waals surface area contributed by atoms with E-state index in [-0.39, 0.29) is 33.7 Å². The summed E-state index contributed by atoms with van der Waals surface area (Å²) >= 11 is 5.87. The lowest BCUT2D eigenvalue weighted by Gasteiger charge is -2.10. The lowest BCUT2D eigenvalue weighted by Crippen LogP contribution is -2.06. The summed E-state index contributed by atoms with van der Waals surface area (Å²) in [6.07, 6.45) is 3.37. The molecular weight excluding hydrogens is 337 g/mol. The zero-order valence-electron chi connectivity index (χ0n) is 13.0. The van der Waals surface area contributed by atoms with Crippen molar-refractivity contribution in [2.75, 3.05) is 19.5 Å². The Bertz CT molecular complexity index is 797. The molecule has 2 rings (SSSR count). The molecule has 0 unspecified atom stereocenters. The largest absolute Gasteiger partial charge is 0.501 e. The fraction of sp³-hybridized carbons (Fsp3) is 0.188. The number of hydrogen-bond acceptors (Lipinski definition) is 6. The number of ether oxygens (including phenoxy) is 2. The number of carbonyl (C=O) groups excluding carboxylic acids is 1. The van der Waals surface area contributed by atoms with Crippen LogP contribution in [-0.4, -0.2) is 30.0 Å². The van der Waals surface area contributed by atoms with E-state index in [9.17, 15) is 9.18 Å². The Balaban J connectivity index is 2.58. The maximum atomic E-state index is 14.5. The first-order chi connectivity index (χ1) is 11.5. The molecule has 0 atom stereocenters. The van der Waals surface area contributed by atoms with Gasteiger partial charge in [0.05, 0.1) is 30.6 Å². The van der Waals surface area contributed by atoms with Gasteiger partial charge in [0.25, 0.3) is 0 Å². The van der Waals surface area contributed by atoms with Crippen molar-refractivity contribution in [2.24, 2.45) is 0 Å². The van der Waals surface area contributed by atoms with E-state index < -0.39 is 5.82 Å². The van der Waals surface area contributed by atoms with Crippen LogP contribution >= 0.6 is 11.6 Å². The van der Waals surface area contributed by atoms with Gasteiger partial charge in [0.2, 0.25) is 0 Å². The maximum absolute atomic E-state index is 14.5. The molecule has 0 spiro atoms. The summed E-state index contributed by atoms with van der Waals surface area (Å²) in [5.74, 6) is -0.898. The molecule has 24 heavy (non-hydrogen) atoms. The average molecular weight is 352 g/mol. The number of methoxy groups -OCH3 is 1. The van der Waals surface area contributed by atoms with Crippen molar-refractivity contribution in [1.29, 1.82) is 0 Å². The van der Waals surface area contributed by atoms with Gasteiger partial charge >= 0.3 is 0 Å². The minimum atomic E-state index is -0.737. The molecule has 0 radical (unpaired) electrons. The van der Waals surface area contributed by atoms with Crippen LogP contribution in [0.3, 0.4) is 0 Å². The van der Waals surface area contributed by atoms with E-state index in [1.54, 1.807) is 0 Å². The number of nitrogen functional groups attached to an aromatic ring is 1. The lowest BCUT2D eigenvalue weighted by molar-refractivity contribution is 0.111. The normalized spacial score (nSPS) is 10.8. The first-order valence-electron chi connectivity index (χ1n) is 6.96. The number of aldehydes is 1. The van der Waals surface area contributed by atoms with Crippen LogP contribution in [-0.2, 0) is 4.74 Å². The highest BCUT2D eigenvalue weighted by Crippen LogP contribution is 2.34. The number of carbonyl (C=O) groups is 1. The fourth-order valence-electron chi connectivity index (χ4n) is 1.99. The number of nitrogens with zero attached hydrogens (tertiary/aromatic N) is 2. The summed E-state index contributed by atoms with van der Waals surface area (Å²) in [5, 5.41) is 0.110. The topological polar surface area (TPSA) is 87.3 Å². The SMILES string of the molecule is CCO/C=C\c1c(N)nc(-c2ccc(Cl)c(OC)c2F)nc1C=O. The predicted octanol–water partition coefficient (Wildman–Crippen LogP) is 3.35. The second kappa shape index (κ2) is 7.74. The minimum Gasteiger partial charge on any atom is -0.501 e. The molecule has 6 nitrogen and oxygen atoms in total. The molecule has 126 valence electrons. The van der Waals surface area contributed by atoms with Gasteiger partial charge in [0, 0.05) is 5.56 Å². The van der Waals surface area contributed by atoms with Crippen LogP contribution in [0.1, 0.15) is 23.0 Å². The van der Waals surface area contributed by atoms with E-state index in [0.29, 0.717) is 18.5 Å². The third-order valence-corrected chi connectivity index (χ3v) is 3.41. The van der Waals surface area contributed by atoms with Crippen molar-refractivity contribution in [3.05, 3.63) is 40.5 Å². The number of rotatable bonds is 6. The maximum Gasteiger partial charge on any atom is 0.177 e. The van der Waals surface area contributed by atoms with Crippen molar-refractivity contribution in [2.45, 2.75) is 6.92 Å². The van der Waals surface area contributed by atoms with Crippen molar-refractivity contribution in [3.8, 4) is 17.1 Å². The van der Waals surface area contributed by atoms with Crippen LogP contribution in [0.4, 0.5) is 10.2 Å². The van der Waals surface area contributed by atoms with Crippen LogP contribution in [0.2, 0.25) is 5.02 Å². The molecule has 2 aromatic rings. The van der Waals surface area contributed by atoms with E-state index in [1.807, 2.05) is 6.92 Å². The van der Waals surface area contributed by atoms with E-state index >= 15 is 0 Å². The van der Waals surface area contributed by atoms with Gasteiger partial charge in [-0.25, -0.2) is 14.4 Å². The summed E-state index contributed by atoms with van der Waals surface area (Å²) < 4.78 is 24.5. The second-order valence-corrected chi connectivity index (χ2v) is 4.96. The molecule has 0 aliphatic carbocycles. The van der Waals surface area contributed by atoms with Gasteiger partial charge in [-0.05, 0) is 25.1 Å². The van der Waals surface area contributed by atoms with Crippen LogP contribution in [0.25, 0.3) is 17.5 Å². The first kappa shape index (κ1) is 17.7. The molecular formula is C16H15ClFN3O3. The Labute approximate surface area is 143 Å². The second-order valence-electron chi connectivity index (χ2n) is 4.55. The summed E-state index contributed by atoms with van der Waals surface area (Å²) in [5.41, 5.74) is 6.20. The van der Waals surface area contributed by atoms with Crippen LogP contribution in [0.5, 0.6) is 5.75 Å². The minimum absolute atomic E-state index is 0.0155.